The number of aryl methyl sites for hydroxylation is 1. The van der Waals surface area contributed by atoms with Crippen molar-refractivity contribution < 1.29 is 0 Å². The minimum absolute atomic E-state index is 0.532. The first kappa shape index (κ1) is 13.6. The maximum absolute atomic E-state index is 5.86. The summed E-state index contributed by atoms with van der Waals surface area (Å²) in [5, 5.41) is 8.25. The molecule has 0 bridgehead atoms. The summed E-state index contributed by atoms with van der Waals surface area (Å²) in [4.78, 5) is 6.86. The van der Waals surface area contributed by atoms with Crippen molar-refractivity contribution in [3.8, 4) is 10.4 Å². The van der Waals surface area contributed by atoms with Crippen molar-refractivity contribution in [3.05, 3.63) is 56.8 Å². The highest BCUT2D eigenvalue weighted by molar-refractivity contribution is 7.14. The van der Waals surface area contributed by atoms with Gasteiger partial charge >= 0.3 is 0 Å². The van der Waals surface area contributed by atoms with Crippen molar-refractivity contribution in [1.29, 1.82) is 0 Å². The molecule has 5 heteroatoms. The summed E-state index contributed by atoms with van der Waals surface area (Å²) in [7, 11) is 0. The molecule has 3 aromatic heterocycles. The van der Waals surface area contributed by atoms with Gasteiger partial charge in [0.1, 0.15) is 5.15 Å². The highest BCUT2D eigenvalue weighted by Crippen LogP contribution is 2.29. The quantitative estimate of drug-likeness (QED) is 0.647. The van der Waals surface area contributed by atoms with Gasteiger partial charge in [0.25, 0.3) is 0 Å². The zero-order valence-corrected chi connectivity index (χ0v) is 13.3. The third kappa shape index (κ3) is 3.03. The summed E-state index contributed by atoms with van der Waals surface area (Å²) in [5.41, 5.74) is 3.25. The molecule has 0 saturated heterocycles. The van der Waals surface area contributed by atoms with Gasteiger partial charge in [-0.1, -0.05) is 17.7 Å². The van der Waals surface area contributed by atoms with Crippen LogP contribution in [0.2, 0.25) is 5.15 Å². The topological polar surface area (TPSA) is 24.9 Å². The molecule has 3 heterocycles. The first-order valence-electron chi connectivity index (χ1n) is 6.21. The van der Waals surface area contributed by atoms with Crippen molar-refractivity contribution in [2.45, 2.75) is 13.5 Å². The number of anilines is 1. The van der Waals surface area contributed by atoms with E-state index in [9.17, 15) is 0 Å². The number of nitrogens with zero attached hydrogens (tertiary/aromatic N) is 1. The molecule has 1 N–H and O–H groups in total. The number of hydrogen-bond acceptors (Lipinski definition) is 4. The van der Waals surface area contributed by atoms with Crippen molar-refractivity contribution in [2.24, 2.45) is 0 Å². The second-order valence-corrected chi connectivity index (χ2v) is 6.73. The molecule has 0 fully saturated rings. The van der Waals surface area contributed by atoms with Gasteiger partial charge in [-0.15, -0.1) is 22.7 Å². The summed E-state index contributed by atoms with van der Waals surface area (Å²) in [6.45, 7) is 2.76. The number of thiophene rings is 2. The molecule has 0 unspecified atom stereocenters. The number of aromatic nitrogens is 1. The fourth-order valence-corrected chi connectivity index (χ4v) is 3.75. The summed E-state index contributed by atoms with van der Waals surface area (Å²) in [6.07, 6.45) is 0. The first-order valence-corrected chi connectivity index (χ1v) is 8.34. The van der Waals surface area contributed by atoms with Crippen LogP contribution in [0.25, 0.3) is 10.4 Å². The summed E-state index contributed by atoms with van der Waals surface area (Å²) >= 11 is 9.40. The van der Waals surface area contributed by atoms with Crippen LogP contribution in [0.3, 0.4) is 0 Å². The monoisotopic (exact) mass is 320 g/mol. The fraction of sp³-hybridized carbons (Fsp3) is 0.133. The molecule has 0 saturated carbocycles. The Kier molecular flexibility index (Phi) is 4.05. The van der Waals surface area contributed by atoms with Crippen molar-refractivity contribution in [2.75, 3.05) is 5.32 Å². The number of halogens is 1. The van der Waals surface area contributed by atoms with E-state index in [1.165, 1.54) is 15.3 Å². The number of rotatable bonds is 4. The molecule has 0 aliphatic heterocycles. The van der Waals surface area contributed by atoms with Gasteiger partial charge in [-0.3, -0.25) is 0 Å². The minimum Gasteiger partial charge on any atom is -0.379 e. The number of hydrogen-bond donors (Lipinski definition) is 1. The number of pyridine rings is 1. The van der Waals surface area contributed by atoms with Crippen molar-refractivity contribution >= 4 is 40.0 Å². The van der Waals surface area contributed by atoms with Gasteiger partial charge in [-0.2, -0.15) is 0 Å². The Bertz CT molecular complexity index is 704. The van der Waals surface area contributed by atoms with Crippen molar-refractivity contribution in [1.82, 2.24) is 4.98 Å². The first-order chi connectivity index (χ1) is 9.72. The van der Waals surface area contributed by atoms with E-state index in [1.807, 2.05) is 19.1 Å². The second-order valence-electron chi connectivity index (χ2n) is 4.40. The predicted octanol–water partition coefficient (Wildman–Crippen LogP) is 5.45. The Hall–Kier alpha value is -1.36. The standard InChI is InChI=1S/C15H13ClN2S2/c1-10-13(4-5-15(16)18-10)17-8-12-7-11(9-20-12)14-3-2-6-19-14/h2-7,9,17H,8H2,1H3. The van der Waals surface area contributed by atoms with Crippen LogP contribution >= 0.6 is 34.3 Å². The lowest BCUT2D eigenvalue weighted by molar-refractivity contribution is 1.13. The van der Waals surface area contributed by atoms with E-state index in [0.29, 0.717) is 5.15 Å². The summed E-state index contributed by atoms with van der Waals surface area (Å²) in [5.74, 6) is 0. The molecule has 0 aliphatic carbocycles. The Balaban J connectivity index is 1.70. The average Bonchev–Trinajstić information content (AvgIpc) is 3.08. The summed E-state index contributed by atoms with van der Waals surface area (Å²) in [6, 6.07) is 10.2. The molecule has 0 aromatic carbocycles. The van der Waals surface area contributed by atoms with E-state index in [0.717, 1.165) is 17.9 Å². The van der Waals surface area contributed by atoms with Crippen LogP contribution in [-0.2, 0) is 6.54 Å². The predicted molar refractivity (Wildman–Crippen MR) is 88.9 cm³/mol. The maximum Gasteiger partial charge on any atom is 0.129 e. The van der Waals surface area contributed by atoms with Crippen LogP contribution in [-0.4, -0.2) is 4.98 Å². The third-order valence-electron chi connectivity index (χ3n) is 2.96. The van der Waals surface area contributed by atoms with Crippen LogP contribution < -0.4 is 5.32 Å². The van der Waals surface area contributed by atoms with Gasteiger partial charge in [0.15, 0.2) is 0 Å². The SMILES string of the molecule is Cc1nc(Cl)ccc1NCc1cc(-c2cccs2)cs1. The van der Waals surface area contributed by atoms with Crippen LogP contribution in [0.5, 0.6) is 0 Å². The van der Waals surface area contributed by atoms with Crippen LogP contribution in [0.15, 0.2) is 41.1 Å². The number of nitrogens with one attached hydrogen (secondary N) is 1. The van der Waals surface area contributed by atoms with E-state index in [4.69, 9.17) is 11.6 Å². The van der Waals surface area contributed by atoms with Gasteiger partial charge in [0.2, 0.25) is 0 Å². The molecule has 20 heavy (non-hydrogen) atoms. The van der Waals surface area contributed by atoms with E-state index in [1.54, 1.807) is 22.7 Å². The summed E-state index contributed by atoms with van der Waals surface area (Å²) < 4.78 is 0. The van der Waals surface area contributed by atoms with Gasteiger partial charge in [-0.05, 0) is 41.9 Å². The normalized spacial score (nSPS) is 10.7. The van der Waals surface area contributed by atoms with E-state index >= 15 is 0 Å². The van der Waals surface area contributed by atoms with Gasteiger partial charge in [-0.25, -0.2) is 4.98 Å². The lowest BCUT2D eigenvalue weighted by Crippen LogP contribution is -2.00. The smallest absolute Gasteiger partial charge is 0.129 e. The average molecular weight is 321 g/mol. The molecule has 0 aliphatic rings. The third-order valence-corrected chi connectivity index (χ3v) is 5.03. The van der Waals surface area contributed by atoms with Gasteiger partial charge in [0, 0.05) is 21.9 Å². The lowest BCUT2D eigenvalue weighted by Gasteiger charge is -2.07. The highest BCUT2D eigenvalue weighted by atomic mass is 35.5. The Morgan fingerprint density at radius 2 is 2.15 bits per heavy atom. The Morgan fingerprint density at radius 1 is 1.25 bits per heavy atom. The molecule has 3 aromatic rings. The fourth-order valence-electron chi connectivity index (χ4n) is 1.94. The van der Waals surface area contributed by atoms with Crippen molar-refractivity contribution in [3.63, 3.8) is 0 Å². The van der Waals surface area contributed by atoms with Gasteiger partial charge < -0.3 is 5.32 Å². The zero-order valence-electron chi connectivity index (χ0n) is 10.9. The second kappa shape index (κ2) is 5.95. The molecule has 0 atom stereocenters. The molecular formula is C15H13ClN2S2. The largest absolute Gasteiger partial charge is 0.379 e. The van der Waals surface area contributed by atoms with Crippen LogP contribution in [0.1, 0.15) is 10.6 Å². The highest BCUT2D eigenvalue weighted by Gasteiger charge is 2.05. The van der Waals surface area contributed by atoms with E-state index in [2.05, 4.69) is 39.3 Å². The van der Waals surface area contributed by atoms with E-state index < -0.39 is 0 Å². The van der Waals surface area contributed by atoms with Crippen LogP contribution in [0.4, 0.5) is 5.69 Å². The lowest BCUT2D eigenvalue weighted by atomic mass is 10.2. The van der Waals surface area contributed by atoms with E-state index in [-0.39, 0.29) is 0 Å². The van der Waals surface area contributed by atoms with Crippen LogP contribution in [0, 0.1) is 6.92 Å². The molecule has 2 nitrogen and oxygen atoms in total. The molecule has 102 valence electrons. The Labute approximate surface area is 131 Å². The molecule has 0 amide bonds. The molecule has 3 rings (SSSR count). The molecule has 0 radical (unpaired) electrons. The zero-order chi connectivity index (χ0) is 13.9. The van der Waals surface area contributed by atoms with Gasteiger partial charge in [0.05, 0.1) is 11.4 Å². The minimum atomic E-state index is 0.532. The maximum atomic E-state index is 5.86. The molecular weight excluding hydrogens is 308 g/mol. The Morgan fingerprint density at radius 3 is 2.90 bits per heavy atom. The molecule has 0 spiro atoms.